The summed E-state index contributed by atoms with van der Waals surface area (Å²) in [5.41, 5.74) is 1.60. The van der Waals surface area contributed by atoms with Crippen LogP contribution in [0.3, 0.4) is 0 Å². The van der Waals surface area contributed by atoms with Crippen molar-refractivity contribution in [2.24, 2.45) is 0 Å². The number of β-amino-alcohol motifs (C(OH)–C–C–N with tert-alkyl or cyclic N) is 1. The summed E-state index contributed by atoms with van der Waals surface area (Å²) in [6, 6.07) is 12.5. The first-order valence-corrected chi connectivity index (χ1v) is 9.79. The topological polar surface area (TPSA) is 54.4 Å². The van der Waals surface area contributed by atoms with Crippen LogP contribution in [-0.2, 0) is 11.3 Å². The Labute approximate surface area is 171 Å². The molecule has 1 heterocycles. The number of piperazine rings is 1. The molecule has 0 radical (unpaired) electrons. The molecule has 0 spiro atoms. The van der Waals surface area contributed by atoms with Crippen molar-refractivity contribution in [3.63, 3.8) is 0 Å². The van der Waals surface area contributed by atoms with Crippen LogP contribution < -0.4 is 14.4 Å². The molecule has 2 aromatic rings. The van der Waals surface area contributed by atoms with Gasteiger partial charge < -0.3 is 24.2 Å². The first kappa shape index (κ1) is 21.4. The lowest BCUT2D eigenvalue weighted by molar-refractivity contribution is 0.00907. The second-order valence-electron chi connectivity index (χ2n) is 7.10. The zero-order valence-corrected chi connectivity index (χ0v) is 17.0. The van der Waals surface area contributed by atoms with E-state index in [4.69, 9.17) is 14.2 Å². The zero-order valence-electron chi connectivity index (χ0n) is 17.0. The van der Waals surface area contributed by atoms with Crippen LogP contribution >= 0.6 is 0 Å². The monoisotopic (exact) mass is 404 g/mol. The van der Waals surface area contributed by atoms with Gasteiger partial charge in [0.25, 0.3) is 0 Å². The Kier molecular flexibility index (Phi) is 7.69. The van der Waals surface area contributed by atoms with Crippen LogP contribution in [0, 0.1) is 5.82 Å². The van der Waals surface area contributed by atoms with E-state index >= 15 is 0 Å². The van der Waals surface area contributed by atoms with Gasteiger partial charge >= 0.3 is 0 Å². The largest absolute Gasteiger partial charge is 0.493 e. The number of hydrogen-bond acceptors (Lipinski definition) is 6. The summed E-state index contributed by atoms with van der Waals surface area (Å²) in [4.78, 5) is 4.23. The van der Waals surface area contributed by atoms with Crippen molar-refractivity contribution in [1.82, 2.24) is 4.90 Å². The number of benzene rings is 2. The summed E-state index contributed by atoms with van der Waals surface area (Å²) in [5.74, 6) is 1.14. The molecule has 7 heteroatoms. The van der Waals surface area contributed by atoms with Gasteiger partial charge in [-0.1, -0.05) is 18.2 Å². The molecule has 1 aliphatic heterocycles. The SMILES string of the molecule is COc1ccc(COC[C@H](O)CN2CCN(c3ccccc3F)CC2)cc1OC. The quantitative estimate of drug-likeness (QED) is 0.693. The number of methoxy groups -OCH3 is 2. The highest BCUT2D eigenvalue weighted by atomic mass is 19.1. The van der Waals surface area contributed by atoms with Crippen LogP contribution in [0.2, 0.25) is 0 Å². The molecule has 0 unspecified atom stereocenters. The number of aliphatic hydroxyl groups excluding tert-OH is 1. The minimum atomic E-state index is -0.574. The molecule has 29 heavy (non-hydrogen) atoms. The molecular weight excluding hydrogens is 375 g/mol. The predicted molar refractivity (Wildman–Crippen MR) is 110 cm³/mol. The summed E-state index contributed by atoms with van der Waals surface area (Å²) in [5, 5.41) is 10.3. The number of nitrogens with zero attached hydrogens (tertiary/aromatic N) is 2. The number of halogens is 1. The second-order valence-corrected chi connectivity index (χ2v) is 7.10. The van der Waals surface area contributed by atoms with Crippen molar-refractivity contribution >= 4 is 5.69 Å². The molecule has 0 bridgehead atoms. The van der Waals surface area contributed by atoms with Gasteiger partial charge in [0.05, 0.1) is 39.2 Å². The fourth-order valence-electron chi connectivity index (χ4n) is 3.51. The van der Waals surface area contributed by atoms with Crippen LogP contribution in [0.25, 0.3) is 0 Å². The average Bonchev–Trinajstić information content (AvgIpc) is 2.74. The lowest BCUT2D eigenvalue weighted by Gasteiger charge is -2.37. The van der Waals surface area contributed by atoms with E-state index in [-0.39, 0.29) is 12.4 Å². The normalized spacial score (nSPS) is 15.9. The first-order valence-electron chi connectivity index (χ1n) is 9.79. The van der Waals surface area contributed by atoms with Crippen LogP contribution in [-0.4, -0.2) is 69.7 Å². The van der Waals surface area contributed by atoms with Gasteiger partial charge in [-0.05, 0) is 29.8 Å². The van der Waals surface area contributed by atoms with Gasteiger partial charge in [0, 0.05) is 32.7 Å². The molecule has 0 aliphatic carbocycles. The summed E-state index contributed by atoms with van der Waals surface area (Å²) >= 11 is 0. The van der Waals surface area contributed by atoms with E-state index in [0.717, 1.165) is 31.7 Å². The summed E-state index contributed by atoms with van der Waals surface area (Å²) in [7, 11) is 3.19. The Hall–Kier alpha value is -2.35. The van der Waals surface area contributed by atoms with E-state index in [9.17, 15) is 9.50 Å². The summed E-state index contributed by atoms with van der Waals surface area (Å²) in [6.07, 6.45) is -0.574. The lowest BCUT2D eigenvalue weighted by atomic mass is 10.2. The molecule has 0 amide bonds. The minimum Gasteiger partial charge on any atom is -0.493 e. The number of aliphatic hydroxyl groups is 1. The first-order chi connectivity index (χ1) is 14.1. The number of ether oxygens (including phenoxy) is 3. The van der Waals surface area contributed by atoms with Crippen LogP contribution in [0.5, 0.6) is 11.5 Å². The van der Waals surface area contributed by atoms with E-state index in [2.05, 4.69) is 4.90 Å². The number of hydrogen-bond donors (Lipinski definition) is 1. The Morgan fingerprint density at radius 1 is 1.00 bits per heavy atom. The third kappa shape index (κ3) is 5.82. The second kappa shape index (κ2) is 10.4. The number of para-hydroxylation sites is 1. The van der Waals surface area contributed by atoms with E-state index in [1.165, 1.54) is 6.07 Å². The molecule has 3 rings (SSSR count). The fourth-order valence-corrected chi connectivity index (χ4v) is 3.51. The smallest absolute Gasteiger partial charge is 0.161 e. The maximum atomic E-state index is 13.9. The Morgan fingerprint density at radius 2 is 1.72 bits per heavy atom. The van der Waals surface area contributed by atoms with E-state index in [1.54, 1.807) is 20.3 Å². The van der Waals surface area contributed by atoms with E-state index < -0.39 is 6.10 Å². The molecule has 0 saturated carbocycles. The average molecular weight is 404 g/mol. The molecule has 1 atom stereocenters. The summed E-state index contributed by atoms with van der Waals surface area (Å²) in [6.45, 7) is 4.21. The third-order valence-electron chi connectivity index (χ3n) is 5.06. The zero-order chi connectivity index (χ0) is 20.6. The molecule has 1 N–H and O–H groups in total. The predicted octanol–water partition coefficient (Wildman–Crippen LogP) is 2.54. The third-order valence-corrected chi connectivity index (χ3v) is 5.06. The lowest BCUT2D eigenvalue weighted by Crippen LogP contribution is -2.49. The molecule has 1 saturated heterocycles. The number of rotatable bonds is 9. The van der Waals surface area contributed by atoms with Crippen molar-refractivity contribution in [3.05, 3.63) is 53.8 Å². The van der Waals surface area contributed by atoms with Crippen LogP contribution in [0.4, 0.5) is 10.1 Å². The summed E-state index contributed by atoms with van der Waals surface area (Å²) < 4.78 is 30.1. The van der Waals surface area contributed by atoms with Gasteiger partial charge in [-0.3, -0.25) is 4.90 Å². The molecule has 0 aromatic heterocycles. The fraction of sp³-hybridized carbons (Fsp3) is 0.455. The molecule has 158 valence electrons. The van der Waals surface area contributed by atoms with Crippen molar-refractivity contribution in [3.8, 4) is 11.5 Å². The van der Waals surface area contributed by atoms with Crippen molar-refractivity contribution < 1.29 is 23.7 Å². The Balaban J connectivity index is 1.39. The van der Waals surface area contributed by atoms with E-state index in [0.29, 0.717) is 30.3 Å². The van der Waals surface area contributed by atoms with Crippen LogP contribution in [0.1, 0.15) is 5.56 Å². The van der Waals surface area contributed by atoms with Crippen molar-refractivity contribution in [1.29, 1.82) is 0 Å². The van der Waals surface area contributed by atoms with Gasteiger partial charge in [0.2, 0.25) is 0 Å². The maximum absolute atomic E-state index is 13.9. The maximum Gasteiger partial charge on any atom is 0.161 e. The number of anilines is 1. The highest BCUT2D eigenvalue weighted by molar-refractivity contribution is 5.48. The van der Waals surface area contributed by atoms with Gasteiger partial charge in [-0.2, -0.15) is 0 Å². The molecule has 2 aromatic carbocycles. The van der Waals surface area contributed by atoms with Crippen LogP contribution in [0.15, 0.2) is 42.5 Å². The van der Waals surface area contributed by atoms with Gasteiger partial charge in [-0.15, -0.1) is 0 Å². The van der Waals surface area contributed by atoms with Gasteiger partial charge in [0.1, 0.15) is 5.82 Å². The Morgan fingerprint density at radius 3 is 2.41 bits per heavy atom. The molecule has 1 aliphatic rings. The van der Waals surface area contributed by atoms with Crippen molar-refractivity contribution in [2.45, 2.75) is 12.7 Å². The Bertz CT molecular complexity index is 781. The van der Waals surface area contributed by atoms with Gasteiger partial charge in [-0.25, -0.2) is 4.39 Å². The van der Waals surface area contributed by atoms with Gasteiger partial charge in [0.15, 0.2) is 11.5 Å². The van der Waals surface area contributed by atoms with E-state index in [1.807, 2.05) is 35.2 Å². The van der Waals surface area contributed by atoms with Crippen molar-refractivity contribution in [2.75, 3.05) is 58.5 Å². The molecule has 1 fully saturated rings. The molecule has 6 nitrogen and oxygen atoms in total. The molecular formula is C22H29FN2O4. The minimum absolute atomic E-state index is 0.190. The highest BCUT2D eigenvalue weighted by Crippen LogP contribution is 2.27. The standard InChI is InChI=1S/C22H29FN2O4/c1-27-21-8-7-17(13-22(21)28-2)15-29-16-18(26)14-24-9-11-25(12-10-24)20-6-4-3-5-19(20)23/h3-8,13,18,26H,9-12,14-16H2,1-2H3/t18-/m1/s1. The highest BCUT2D eigenvalue weighted by Gasteiger charge is 2.21.